The van der Waals surface area contributed by atoms with Gasteiger partial charge in [-0.25, -0.2) is 4.39 Å². The van der Waals surface area contributed by atoms with Gasteiger partial charge < -0.3 is 11.1 Å². The second-order valence-corrected chi connectivity index (χ2v) is 4.58. The maximum atomic E-state index is 13.2. The number of hydrogen-bond acceptors (Lipinski definition) is 2. The maximum Gasteiger partial charge on any atom is 0.257 e. The third-order valence-electron chi connectivity index (χ3n) is 2.69. The van der Waals surface area contributed by atoms with E-state index in [0.29, 0.717) is 11.3 Å². The van der Waals surface area contributed by atoms with Crippen LogP contribution in [0.15, 0.2) is 36.4 Å². The van der Waals surface area contributed by atoms with E-state index in [2.05, 4.69) is 5.32 Å². The van der Waals surface area contributed by atoms with Crippen LogP contribution in [0.4, 0.5) is 15.8 Å². The van der Waals surface area contributed by atoms with Gasteiger partial charge in [-0.3, -0.25) is 4.79 Å². The van der Waals surface area contributed by atoms with Crippen LogP contribution in [0.5, 0.6) is 0 Å². The quantitative estimate of drug-likeness (QED) is 0.824. The fraction of sp³-hybridized carbons (Fsp3) is 0.0714. The van der Waals surface area contributed by atoms with Gasteiger partial charge in [0.2, 0.25) is 0 Å². The van der Waals surface area contributed by atoms with Crippen LogP contribution >= 0.6 is 11.6 Å². The first kappa shape index (κ1) is 13.4. The fourth-order valence-electron chi connectivity index (χ4n) is 1.70. The second-order valence-electron chi connectivity index (χ2n) is 4.15. The van der Waals surface area contributed by atoms with Gasteiger partial charge in [-0.1, -0.05) is 23.7 Å². The summed E-state index contributed by atoms with van der Waals surface area (Å²) in [5.41, 5.74) is 7.69. The van der Waals surface area contributed by atoms with Gasteiger partial charge >= 0.3 is 0 Å². The largest absolute Gasteiger partial charge is 0.398 e. The highest BCUT2D eigenvalue weighted by molar-refractivity contribution is 6.31. The Balaban J connectivity index is 2.28. The lowest BCUT2D eigenvalue weighted by atomic mass is 10.1. The Morgan fingerprint density at radius 1 is 1.32 bits per heavy atom. The van der Waals surface area contributed by atoms with Gasteiger partial charge in [0.05, 0.1) is 5.56 Å². The summed E-state index contributed by atoms with van der Waals surface area (Å²) < 4.78 is 13.2. The number of carbonyl (C=O) groups is 1. The van der Waals surface area contributed by atoms with Crippen molar-refractivity contribution in [1.29, 1.82) is 0 Å². The van der Waals surface area contributed by atoms with Crippen molar-refractivity contribution in [2.75, 3.05) is 11.1 Å². The fourth-order valence-corrected chi connectivity index (χ4v) is 1.92. The summed E-state index contributed by atoms with van der Waals surface area (Å²) in [5, 5.41) is 2.78. The topological polar surface area (TPSA) is 55.1 Å². The Morgan fingerprint density at radius 3 is 2.74 bits per heavy atom. The van der Waals surface area contributed by atoms with Crippen LogP contribution in [0.25, 0.3) is 0 Å². The highest BCUT2D eigenvalue weighted by Gasteiger charge is 2.11. The zero-order valence-corrected chi connectivity index (χ0v) is 11.0. The Morgan fingerprint density at radius 2 is 2.05 bits per heavy atom. The third-order valence-corrected chi connectivity index (χ3v) is 2.91. The molecule has 3 nitrogen and oxygen atoms in total. The van der Waals surface area contributed by atoms with Crippen LogP contribution in [0.1, 0.15) is 15.9 Å². The van der Waals surface area contributed by atoms with Crippen molar-refractivity contribution in [2.45, 2.75) is 6.92 Å². The van der Waals surface area contributed by atoms with Crippen LogP contribution in [0, 0.1) is 12.7 Å². The number of anilines is 2. The molecule has 1 amide bonds. The van der Waals surface area contributed by atoms with Gasteiger partial charge in [0.25, 0.3) is 5.91 Å². The van der Waals surface area contributed by atoms with Crippen molar-refractivity contribution in [3.8, 4) is 0 Å². The average molecular weight is 279 g/mol. The molecule has 0 aliphatic heterocycles. The van der Waals surface area contributed by atoms with E-state index in [9.17, 15) is 9.18 Å². The van der Waals surface area contributed by atoms with Crippen LogP contribution in [0.2, 0.25) is 5.02 Å². The molecule has 0 saturated heterocycles. The second kappa shape index (κ2) is 5.28. The molecule has 0 aliphatic carbocycles. The molecule has 19 heavy (non-hydrogen) atoms. The van der Waals surface area contributed by atoms with Gasteiger partial charge in [-0.15, -0.1) is 0 Å². The van der Waals surface area contributed by atoms with Crippen LogP contribution in [0.3, 0.4) is 0 Å². The lowest BCUT2D eigenvalue weighted by molar-refractivity contribution is 0.102. The Bertz CT molecular complexity index is 623. The highest BCUT2D eigenvalue weighted by Crippen LogP contribution is 2.21. The number of rotatable bonds is 2. The summed E-state index contributed by atoms with van der Waals surface area (Å²) in [6.07, 6.45) is 0. The summed E-state index contributed by atoms with van der Waals surface area (Å²) >= 11 is 5.72. The molecule has 0 spiro atoms. The molecule has 5 heteroatoms. The molecule has 0 radical (unpaired) electrons. The number of hydrogen-bond donors (Lipinski definition) is 2. The summed E-state index contributed by atoms with van der Waals surface area (Å²) in [5.74, 6) is -0.914. The van der Waals surface area contributed by atoms with Crippen molar-refractivity contribution in [3.63, 3.8) is 0 Å². The van der Waals surface area contributed by atoms with E-state index in [0.717, 1.165) is 11.6 Å². The molecule has 98 valence electrons. The van der Waals surface area contributed by atoms with E-state index < -0.39 is 11.7 Å². The Hall–Kier alpha value is -2.07. The molecule has 2 aromatic carbocycles. The van der Waals surface area contributed by atoms with Gasteiger partial charge in [-0.2, -0.15) is 0 Å². The average Bonchev–Trinajstić information content (AvgIpc) is 2.31. The zero-order valence-electron chi connectivity index (χ0n) is 10.2. The first-order valence-electron chi connectivity index (χ1n) is 5.60. The molecule has 0 fully saturated rings. The van der Waals surface area contributed by atoms with Crippen LogP contribution < -0.4 is 11.1 Å². The Kier molecular flexibility index (Phi) is 3.71. The van der Waals surface area contributed by atoms with Crippen molar-refractivity contribution < 1.29 is 9.18 Å². The van der Waals surface area contributed by atoms with E-state index in [1.54, 1.807) is 12.1 Å². The number of nitrogen functional groups attached to an aromatic ring is 1. The predicted octanol–water partition coefficient (Wildman–Crippen LogP) is 3.62. The molecule has 0 heterocycles. The maximum absolute atomic E-state index is 13.2. The number of amides is 1. The molecule has 3 N–H and O–H groups in total. The zero-order chi connectivity index (χ0) is 14.0. The SMILES string of the molecule is Cc1cccc(C(=O)Nc2cc(F)cc(Cl)c2)c1N. The van der Waals surface area contributed by atoms with E-state index in [-0.39, 0.29) is 10.7 Å². The van der Waals surface area contributed by atoms with E-state index in [1.165, 1.54) is 12.1 Å². The molecule has 2 rings (SSSR count). The molecular formula is C14H12ClFN2O. The van der Waals surface area contributed by atoms with E-state index in [1.807, 2.05) is 13.0 Å². The number of para-hydroxylation sites is 1. The molecule has 0 bridgehead atoms. The van der Waals surface area contributed by atoms with Gasteiger partial charge in [-0.05, 0) is 36.8 Å². The Labute approximate surface area is 115 Å². The molecule has 0 saturated carbocycles. The minimum Gasteiger partial charge on any atom is -0.398 e. The molecule has 0 aliphatic rings. The smallest absolute Gasteiger partial charge is 0.257 e. The number of benzene rings is 2. The van der Waals surface area contributed by atoms with Gasteiger partial charge in [0.1, 0.15) is 5.82 Å². The van der Waals surface area contributed by atoms with E-state index in [4.69, 9.17) is 17.3 Å². The minimum absolute atomic E-state index is 0.215. The molecule has 0 unspecified atom stereocenters. The number of nitrogens with two attached hydrogens (primary N) is 1. The first-order valence-corrected chi connectivity index (χ1v) is 5.97. The standard InChI is InChI=1S/C14H12ClFN2O/c1-8-3-2-4-12(13(8)17)14(19)18-11-6-9(15)5-10(16)7-11/h2-7H,17H2,1H3,(H,18,19). The van der Waals surface area contributed by atoms with Gasteiger partial charge in [0.15, 0.2) is 0 Å². The monoisotopic (exact) mass is 278 g/mol. The highest BCUT2D eigenvalue weighted by atomic mass is 35.5. The predicted molar refractivity (Wildman–Crippen MR) is 75.0 cm³/mol. The number of halogens is 2. The first-order chi connectivity index (χ1) is 8.97. The van der Waals surface area contributed by atoms with Gasteiger partial charge in [0, 0.05) is 16.4 Å². The number of carbonyl (C=O) groups excluding carboxylic acids is 1. The summed E-state index contributed by atoms with van der Waals surface area (Å²) in [4.78, 5) is 12.1. The molecule has 2 aromatic rings. The summed E-state index contributed by atoms with van der Waals surface area (Å²) in [6, 6.07) is 8.98. The number of nitrogens with one attached hydrogen (secondary N) is 1. The van der Waals surface area contributed by atoms with Crippen LogP contribution in [-0.4, -0.2) is 5.91 Å². The molecule has 0 aromatic heterocycles. The minimum atomic E-state index is -0.514. The lowest BCUT2D eigenvalue weighted by Gasteiger charge is -2.09. The van der Waals surface area contributed by atoms with Crippen molar-refractivity contribution in [3.05, 3.63) is 58.4 Å². The van der Waals surface area contributed by atoms with Crippen molar-refractivity contribution in [2.24, 2.45) is 0 Å². The van der Waals surface area contributed by atoms with Crippen molar-refractivity contribution in [1.82, 2.24) is 0 Å². The molecular weight excluding hydrogens is 267 g/mol. The summed E-state index contributed by atoms with van der Waals surface area (Å²) in [7, 11) is 0. The normalized spacial score (nSPS) is 10.3. The van der Waals surface area contributed by atoms with E-state index >= 15 is 0 Å². The number of aryl methyl sites for hydroxylation is 1. The van der Waals surface area contributed by atoms with Crippen LogP contribution in [-0.2, 0) is 0 Å². The van der Waals surface area contributed by atoms with Crippen molar-refractivity contribution >= 4 is 28.9 Å². The lowest BCUT2D eigenvalue weighted by Crippen LogP contribution is -2.14. The summed E-state index contributed by atoms with van der Waals surface area (Å²) in [6.45, 7) is 1.81. The third kappa shape index (κ3) is 3.03. The molecule has 0 atom stereocenters.